The van der Waals surface area contributed by atoms with Crippen LogP contribution in [0.25, 0.3) is 0 Å². The molecule has 1 aromatic rings. The standard InChI is InChI=1S/C19H31N3O3S/c1-13(2)22-9-7-17(8-10-22)21(6)19(23)16-11-14(3)15(4)18(12-16)26(24,25)20-5/h11-13,17,20H,7-10H2,1-6H3. The van der Waals surface area contributed by atoms with Gasteiger partial charge >= 0.3 is 0 Å². The van der Waals surface area contributed by atoms with Crippen LogP contribution in [0, 0.1) is 13.8 Å². The Kier molecular flexibility index (Phi) is 6.47. The van der Waals surface area contributed by atoms with Crippen LogP contribution >= 0.6 is 0 Å². The molecule has 1 aromatic carbocycles. The number of amides is 1. The SMILES string of the molecule is CNS(=O)(=O)c1cc(C(=O)N(C)C2CCN(C(C)C)CC2)cc(C)c1C. The predicted molar refractivity (Wildman–Crippen MR) is 104 cm³/mol. The molecular weight excluding hydrogens is 350 g/mol. The Morgan fingerprint density at radius 2 is 1.81 bits per heavy atom. The Bertz CT molecular complexity index is 766. The van der Waals surface area contributed by atoms with Gasteiger partial charge in [-0.05, 0) is 70.8 Å². The lowest BCUT2D eigenvalue weighted by atomic mass is 10.0. The van der Waals surface area contributed by atoms with Gasteiger partial charge in [-0.1, -0.05) is 0 Å². The van der Waals surface area contributed by atoms with Gasteiger partial charge in [-0.3, -0.25) is 4.79 Å². The molecule has 1 fully saturated rings. The van der Waals surface area contributed by atoms with Crippen molar-refractivity contribution >= 4 is 15.9 Å². The minimum absolute atomic E-state index is 0.122. The van der Waals surface area contributed by atoms with Crippen LogP contribution in [-0.4, -0.2) is 63.4 Å². The zero-order chi connectivity index (χ0) is 19.6. The zero-order valence-electron chi connectivity index (χ0n) is 16.7. The maximum absolute atomic E-state index is 13.0. The van der Waals surface area contributed by atoms with Gasteiger partial charge in [-0.15, -0.1) is 0 Å². The number of aryl methyl sites for hydroxylation is 1. The number of nitrogens with one attached hydrogen (secondary N) is 1. The molecule has 1 saturated heterocycles. The molecule has 6 nitrogen and oxygen atoms in total. The van der Waals surface area contributed by atoms with Gasteiger partial charge in [0.25, 0.3) is 5.91 Å². The van der Waals surface area contributed by atoms with E-state index in [0.717, 1.165) is 31.5 Å². The van der Waals surface area contributed by atoms with Crippen LogP contribution in [0.1, 0.15) is 48.2 Å². The van der Waals surface area contributed by atoms with Crippen LogP contribution in [0.15, 0.2) is 17.0 Å². The highest BCUT2D eigenvalue weighted by molar-refractivity contribution is 7.89. The van der Waals surface area contributed by atoms with E-state index < -0.39 is 10.0 Å². The van der Waals surface area contributed by atoms with Gasteiger partial charge < -0.3 is 9.80 Å². The van der Waals surface area contributed by atoms with Crippen molar-refractivity contribution in [3.63, 3.8) is 0 Å². The molecule has 0 radical (unpaired) electrons. The Morgan fingerprint density at radius 3 is 2.31 bits per heavy atom. The summed E-state index contributed by atoms with van der Waals surface area (Å²) in [6, 6.07) is 3.98. The first-order valence-corrected chi connectivity index (χ1v) is 10.6. The summed E-state index contributed by atoms with van der Waals surface area (Å²) in [6.07, 6.45) is 1.87. The number of sulfonamides is 1. The first kappa shape index (κ1) is 20.9. The average Bonchev–Trinajstić information content (AvgIpc) is 2.62. The van der Waals surface area contributed by atoms with Gasteiger partial charge in [-0.25, -0.2) is 13.1 Å². The number of hydrogen-bond acceptors (Lipinski definition) is 4. The predicted octanol–water partition coefficient (Wildman–Crippen LogP) is 2.16. The van der Waals surface area contributed by atoms with E-state index in [4.69, 9.17) is 0 Å². The lowest BCUT2D eigenvalue weighted by molar-refractivity contribution is 0.0615. The third-order valence-electron chi connectivity index (χ3n) is 5.52. The van der Waals surface area contributed by atoms with E-state index in [2.05, 4.69) is 23.5 Å². The van der Waals surface area contributed by atoms with Crippen molar-refractivity contribution < 1.29 is 13.2 Å². The second kappa shape index (κ2) is 8.06. The summed E-state index contributed by atoms with van der Waals surface area (Å²) in [6.45, 7) is 9.93. The summed E-state index contributed by atoms with van der Waals surface area (Å²) >= 11 is 0. The van der Waals surface area contributed by atoms with Crippen LogP contribution in [0.4, 0.5) is 0 Å². The van der Waals surface area contributed by atoms with Gasteiger partial charge in [0.15, 0.2) is 0 Å². The summed E-state index contributed by atoms with van der Waals surface area (Å²) < 4.78 is 26.9. The molecule has 0 spiro atoms. The van der Waals surface area contributed by atoms with Crippen LogP contribution < -0.4 is 4.72 Å². The van der Waals surface area contributed by atoms with Crippen LogP contribution in [0.5, 0.6) is 0 Å². The van der Waals surface area contributed by atoms with Crippen molar-refractivity contribution in [2.24, 2.45) is 0 Å². The molecule has 0 aromatic heterocycles. The molecular formula is C19H31N3O3S. The van der Waals surface area contributed by atoms with Crippen LogP contribution in [0.2, 0.25) is 0 Å². The fourth-order valence-electron chi connectivity index (χ4n) is 3.50. The van der Waals surface area contributed by atoms with Crippen LogP contribution in [-0.2, 0) is 10.0 Å². The van der Waals surface area contributed by atoms with E-state index in [1.165, 1.54) is 13.1 Å². The maximum Gasteiger partial charge on any atom is 0.253 e. The summed E-state index contributed by atoms with van der Waals surface area (Å²) in [5.41, 5.74) is 1.90. The molecule has 0 unspecified atom stereocenters. The number of likely N-dealkylation sites (tertiary alicyclic amines) is 1. The van der Waals surface area contributed by atoms with Crippen molar-refractivity contribution in [2.75, 3.05) is 27.2 Å². The normalized spacial score (nSPS) is 16.9. The maximum atomic E-state index is 13.0. The molecule has 1 aliphatic rings. The first-order chi connectivity index (χ1) is 12.1. The number of carbonyl (C=O) groups excluding carboxylic acids is 1. The number of benzene rings is 1. The number of hydrogen-bond donors (Lipinski definition) is 1. The third kappa shape index (κ3) is 4.27. The average molecular weight is 382 g/mol. The molecule has 7 heteroatoms. The minimum atomic E-state index is -3.60. The lowest BCUT2D eigenvalue weighted by Crippen LogP contribution is -2.47. The fourth-order valence-corrected chi connectivity index (χ4v) is 4.56. The fraction of sp³-hybridized carbons (Fsp3) is 0.632. The Morgan fingerprint density at radius 1 is 1.23 bits per heavy atom. The largest absolute Gasteiger partial charge is 0.339 e. The molecule has 26 heavy (non-hydrogen) atoms. The van der Waals surface area contributed by atoms with E-state index >= 15 is 0 Å². The molecule has 0 aliphatic carbocycles. The van der Waals surface area contributed by atoms with Crippen molar-refractivity contribution in [1.29, 1.82) is 0 Å². The summed E-state index contributed by atoms with van der Waals surface area (Å²) in [7, 11) is -0.401. The van der Waals surface area contributed by atoms with Gasteiger partial charge in [0.05, 0.1) is 4.90 Å². The second-order valence-electron chi connectivity index (χ2n) is 7.40. The highest BCUT2D eigenvalue weighted by Crippen LogP contribution is 2.24. The second-order valence-corrected chi connectivity index (χ2v) is 9.26. The van der Waals surface area contributed by atoms with E-state index in [1.807, 2.05) is 14.0 Å². The highest BCUT2D eigenvalue weighted by atomic mass is 32.2. The number of carbonyl (C=O) groups is 1. The zero-order valence-corrected chi connectivity index (χ0v) is 17.5. The molecule has 0 saturated carbocycles. The van der Waals surface area contributed by atoms with E-state index in [0.29, 0.717) is 17.2 Å². The van der Waals surface area contributed by atoms with Crippen molar-refractivity contribution in [3.8, 4) is 0 Å². The Labute approximate surface area is 157 Å². The molecule has 0 atom stereocenters. The van der Waals surface area contributed by atoms with Crippen molar-refractivity contribution in [3.05, 3.63) is 28.8 Å². The van der Waals surface area contributed by atoms with E-state index in [1.54, 1.807) is 17.9 Å². The molecule has 1 N–H and O–H groups in total. The van der Waals surface area contributed by atoms with Crippen molar-refractivity contribution in [1.82, 2.24) is 14.5 Å². The van der Waals surface area contributed by atoms with E-state index in [9.17, 15) is 13.2 Å². The topological polar surface area (TPSA) is 69.7 Å². The highest BCUT2D eigenvalue weighted by Gasteiger charge is 2.28. The van der Waals surface area contributed by atoms with Gasteiger partial charge in [0.2, 0.25) is 10.0 Å². The monoisotopic (exact) mass is 381 g/mol. The quantitative estimate of drug-likeness (QED) is 0.849. The summed E-state index contributed by atoms with van der Waals surface area (Å²) in [5, 5.41) is 0. The Balaban J connectivity index is 2.24. The molecule has 146 valence electrons. The smallest absolute Gasteiger partial charge is 0.253 e. The number of piperidine rings is 1. The lowest BCUT2D eigenvalue weighted by Gasteiger charge is -2.38. The third-order valence-corrected chi connectivity index (χ3v) is 7.06. The Hall–Kier alpha value is -1.44. The molecule has 1 amide bonds. The van der Waals surface area contributed by atoms with Crippen LogP contribution in [0.3, 0.4) is 0 Å². The first-order valence-electron chi connectivity index (χ1n) is 9.14. The number of rotatable bonds is 5. The summed E-state index contributed by atoms with van der Waals surface area (Å²) in [5.74, 6) is -0.122. The van der Waals surface area contributed by atoms with E-state index in [-0.39, 0.29) is 16.8 Å². The number of nitrogens with zero attached hydrogens (tertiary/aromatic N) is 2. The molecule has 2 rings (SSSR count). The molecule has 1 heterocycles. The van der Waals surface area contributed by atoms with Crippen molar-refractivity contribution in [2.45, 2.75) is 57.5 Å². The van der Waals surface area contributed by atoms with Gasteiger partial charge in [0, 0.05) is 37.8 Å². The minimum Gasteiger partial charge on any atom is -0.339 e. The molecule has 1 aliphatic heterocycles. The van der Waals surface area contributed by atoms with Gasteiger partial charge in [-0.2, -0.15) is 0 Å². The molecule has 0 bridgehead atoms. The summed E-state index contributed by atoms with van der Waals surface area (Å²) in [4.78, 5) is 17.4. The van der Waals surface area contributed by atoms with Gasteiger partial charge in [0.1, 0.15) is 0 Å².